The van der Waals surface area contributed by atoms with Crippen LogP contribution in [0.2, 0.25) is 0 Å². The summed E-state index contributed by atoms with van der Waals surface area (Å²) >= 11 is 0. The lowest BCUT2D eigenvalue weighted by molar-refractivity contribution is -0.125. The van der Waals surface area contributed by atoms with E-state index in [1.54, 1.807) is 6.92 Å². The van der Waals surface area contributed by atoms with Crippen LogP contribution in [0.1, 0.15) is 49.5 Å². The highest BCUT2D eigenvalue weighted by atomic mass is 32.2. The van der Waals surface area contributed by atoms with Crippen LogP contribution in [0.25, 0.3) is 0 Å². The maximum atomic E-state index is 14.1. The van der Waals surface area contributed by atoms with E-state index in [1.807, 2.05) is 13.8 Å². The number of nitrogens with zero attached hydrogens (tertiary/aromatic N) is 1. The third-order valence-electron chi connectivity index (χ3n) is 6.45. The van der Waals surface area contributed by atoms with Gasteiger partial charge in [-0.15, -0.1) is 4.40 Å². The van der Waals surface area contributed by atoms with Crippen LogP contribution < -0.4 is 10.0 Å². The van der Waals surface area contributed by atoms with Crippen molar-refractivity contribution in [3.05, 3.63) is 53.3 Å². The van der Waals surface area contributed by atoms with E-state index in [9.17, 15) is 30.8 Å². The summed E-state index contributed by atoms with van der Waals surface area (Å²) in [4.78, 5) is 27.0. The predicted octanol–water partition coefficient (Wildman–Crippen LogP) is 3.49. The van der Waals surface area contributed by atoms with Crippen molar-refractivity contribution in [3.8, 4) is 0 Å². The van der Waals surface area contributed by atoms with Gasteiger partial charge in [0.2, 0.25) is 10.0 Å². The van der Waals surface area contributed by atoms with Crippen molar-refractivity contribution in [1.29, 1.82) is 0 Å². The first-order chi connectivity index (χ1) is 16.6. The fourth-order valence-electron chi connectivity index (χ4n) is 4.59. The molecule has 0 spiro atoms. The van der Waals surface area contributed by atoms with E-state index >= 15 is 0 Å². The average molecular weight is 536 g/mol. The summed E-state index contributed by atoms with van der Waals surface area (Å²) in [5, 5.41) is 2.78. The van der Waals surface area contributed by atoms with Gasteiger partial charge in [0.25, 0.3) is 10.0 Å². The summed E-state index contributed by atoms with van der Waals surface area (Å²) in [5.74, 6) is -3.60. The summed E-state index contributed by atoms with van der Waals surface area (Å²) < 4.78 is 69.2. The quantitative estimate of drug-likeness (QED) is 0.540. The molecule has 192 valence electrons. The number of carbonyl (C=O) groups excluding carboxylic acids is 2. The smallest absolute Gasteiger partial charge is 0.286 e. The Morgan fingerprint density at radius 3 is 2.50 bits per heavy atom. The van der Waals surface area contributed by atoms with Gasteiger partial charge < -0.3 is 5.32 Å². The van der Waals surface area contributed by atoms with Crippen LogP contribution >= 0.6 is 0 Å². The van der Waals surface area contributed by atoms with Crippen LogP contribution in [0.3, 0.4) is 0 Å². The van der Waals surface area contributed by atoms with E-state index in [1.165, 1.54) is 24.3 Å². The van der Waals surface area contributed by atoms with Crippen LogP contribution in [0.5, 0.6) is 0 Å². The van der Waals surface area contributed by atoms with Gasteiger partial charge in [0.1, 0.15) is 22.5 Å². The zero-order chi connectivity index (χ0) is 26.6. The standard InChI is InChI=1S/C24H26FN3O6S2/c1-13(2)9-10-24(3)17-7-5-14(25)11-16(17)21(29)20(22(24)30)23-26-18-8-6-15(27-35(4,31)32)12-19(18)36(33,34)28-23/h5-8,11-13,20,27H,9-10H2,1-4H3,(H,26,28)/t20-,24?/m0/s1. The highest BCUT2D eigenvalue weighted by Crippen LogP contribution is 2.43. The number of fused-ring (bicyclic) bond motifs is 2. The third kappa shape index (κ3) is 4.66. The van der Waals surface area contributed by atoms with Gasteiger partial charge in [-0.2, -0.15) is 8.42 Å². The molecule has 0 radical (unpaired) electrons. The summed E-state index contributed by atoms with van der Waals surface area (Å²) in [7, 11) is -8.06. The molecule has 1 heterocycles. The Morgan fingerprint density at radius 1 is 1.17 bits per heavy atom. The molecular weight excluding hydrogens is 509 g/mol. The normalized spacial score (nSPS) is 22.9. The Bertz CT molecular complexity index is 1530. The van der Waals surface area contributed by atoms with Gasteiger partial charge in [-0.05, 0) is 61.6 Å². The van der Waals surface area contributed by atoms with Crippen molar-refractivity contribution in [2.24, 2.45) is 16.2 Å². The second-order valence-corrected chi connectivity index (χ2v) is 13.1. The molecule has 0 amide bonds. The summed E-state index contributed by atoms with van der Waals surface area (Å²) in [5.41, 5.74) is -0.689. The number of hydrogen-bond acceptors (Lipinski definition) is 7. The molecule has 12 heteroatoms. The van der Waals surface area contributed by atoms with Gasteiger partial charge in [0, 0.05) is 11.3 Å². The molecule has 9 nitrogen and oxygen atoms in total. The Kier molecular flexibility index (Phi) is 6.32. The number of anilines is 2. The Balaban J connectivity index is 1.81. The van der Waals surface area contributed by atoms with E-state index in [4.69, 9.17) is 0 Å². The lowest BCUT2D eigenvalue weighted by atomic mass is 9.63. The zero-order valence-corrected chi connectivity index (χ0v) is 21.8. The number of hydrogen-bond donors (Lipinski definition) is 2. The summed E-state index contributed by atoms with van der Waals surface area (Å²) in [6, 6.07) is 7.47. The molecule has 2 aromatic rings. The van der Waals surface area contributed by atoms with Crippen LogP contribution in [-0.4, -0.2) is 40.5 Å². The molecule has 1 aliphatic carbocycles. The molecule has 0 aromatic heterocycles. The SMILES string of the molecule is CC(C)CCC1(C)C(=O)[C@@H](C2=NS(=O)(=O)c3cc(NS(C)(=O)=O)ccc3N2)C(=O)c2cc(F)ccc21. The van der Waals surface area contributed by atoms with Gasteiger partial charge in [-0.25, -0.2) is 12.8 Å². The van der Waals surface area contributed by atoms with Gasteiger partial charge in [0.05, 0.1) is 17.4 Å². The lowest BCUT2D eigenvalue weighted by Gasteiger charge is -2.39. The van der Waals surface area contributed by atoms with Crippen LogP contribution in [0, 0.1) is 17.7 Å². The van der Waals surface area contributed by atoms with Gasteiger partial charge in [-0.1, -0.05) is 19.9 Å². The number of benzene rings is 2. The van der Waals surface area contributed by atoms with E-state index in [2.05, 4.69) is 14.4 Å². The van der Waals surface area contributed by atoms with Gasteiger partial charge in [0.15, 0.2) is 11.6 Å². The fraction of sp³-hybridized carbons (Fsp3) is 0.375. The number of amidine groups is 1. The number of halogens is 1. The average Bonchev–Trinajstić information content (AvgIpc) is 2.75. The molecule has 4 rings (SSSR count). The number of ketones is 2. The number of nitrogens with one attached hydrogen (secondary N) is 2. The molecular formula is C24H26FN3O6S2. The number of carbonyl (C=O) groups is 2. The molecule has 0 fully saturated rings. The number of Topliss-reactive ketones (excluding diaryl/α,β-unsaturated/α-hetero) is 2. The van der Waals surface area contributed by atoms with Crippen molar-refractivity contribution in [3.63, 3.8) is 0 Å². The number of sulfonamides is 2. The van der Waals surface area contributed by atoms with Crippen LogP contribution in [0.4, 0.5) is 15.8 Å². The maximum absolute atomic E-state index is 14.1. The van der Waals surface area contributed by atoms with Crippen molar-refractivity contribution in [2.75, 3.05) is 16.3 Å². The van der Waals surface area contributed by atoms with Crippen molar-refractivity contribution >= 4 is 48.8 Å². The second-order valence-electron chi connectivity index (χ2n) is 9.78. The minimum Gasteiger partial charge on any atom is -0.341 e. The van der Waals surface area contributed by atoms with Crippen molar-refractivity contribution < 1.29 is 30.8 Å². The van der Waals surface area contributed by atoms with E-state index < -0.39 is 48.8 Å². The topological polar surface area (TPSA) is 139 Å². The molecule has 2 aromatic carbocycles. The Hall–Kier alpha value is -3.12. The molecule has 1 aliphatic heterocycles. The first-order valence-corrected chi connectivity index (χ1v) is 14.6. The largest absolute Gasteiger partial charge is 0.341 e. The molecule has 36 heavy (non-hydrogen) atoms. The first kappa shape index (κ1) is 26.0. The zero-order valence-electron chi connectivity index (χ0n) is 20.1. The monoisotopic (exact) mass is 535 g/mol. The molecule has 0 saturated heterocycles. The van der Waals surface area contributed by atoms with Gasteiger partial charge in [-0.3, -0.25) is 14.3 Å². The molecule has 0 bridgehead atoms. The second kappa shape index (κ2) is 8.77. The van der Waals surface area contributed by atoms with E-state index in [0.29, 0.717) is 18.4 Å². The third-order valence-corrected chi connectivity index (χ3v) is 8.39. The minimum absolute atomic E-state index is 0.00996. The highest BCUT2D eigenvalue weighted by Gasteiger charge is 2.51. The summed E-state index contributed by atoms with van der Waals surface area (Å²) in [6.07, 6.45) is 1.95. The molecule has 2 aliphatic rings. The molecule has 2 atom stereocenters. The van der Waals surface area contributed by atoms with Crippen molar-refractivity contribution in [2.45, 2.75) is 43.9 Å². The lowest BCUT2D eigenvalue weighted by Crippen LogP contribution is -2.51. The van der Waals surface area contributed by atoms with Crippen LogP contribution in [-0.2, 0) is 30.3 Å². The minimum atomic E-state index is -4.40. The fourth-order valence-corrected chi connectivity index (χ4v) is 6.33. The maximum Gasteiger partial charge on any atom is 0.286 e. The number of rotatable bonds is 6. The van der Waals surface area contributed by atoms with E-state index in [-0.39, 0.29) is 33.6 Å². The Labute approximate surface area is 209 Å². The van der Waals surface area contributed by atoms with Gasteiger partial charge >= 0.3 is 0 Å². The molecule has 1 unspecified atom stereocenters. The Morgan fingerprint density at radius 2 is 1.86 bits per heavy atom. The highest BCUT2D eigenvalue weighted by molar-refractivity contribution is 7.92. The summed E-state index contributed by atoms with van der Waals surface area (Å²) in [6.45, 7) is 5.67. The molecule has 2 N–H and O–H groups in total. The van der Waals surface area contributed by atoms with Crippen molar-refractivity contribution in [1.82, 2.24) is 0 Å². The van der Waals surface area contributed by atoms with Crippen LogP contribution in [0.15, 0.2) is 45.7 Å². The van der Waals surface area contributed by atoms with E-state index in [0.717, 1.165) is 18.4 Å². The predicted molar refractivity (Wildman–Crippen MR) is 134 cm³/mol. The molecule has 0 saturated carbocycles. The first-order valence-electron chi connectivity index (χ1n) is 11.2.